The number of anilines is 3. The first kappa shape index (κ1) is 22.5. The maximum atomic E-state index is 9.24. The average Bonchev–Trinajstić information content (AvgIpc) is 3.52. The molecule has 0 saturated carbocycles. The molecule has 0 aromatic carbocycles. The molecule has 1 unspecified atom stereocenters. The van der Waals surface area contributed by atoms with Gasteiger partial charge in [-0.3, -0.25) is 10.1 Å². The minimum absolute atomic E-state index is 0.0948. The Bertz CT molecular complexity index is 1150. The zero-order valence-corrected chi connectivity index (χ0v) is 19.2. The first-order valence-electron chi connectivity index (χ1n) is 11.7. The second-order valence-corrected chi connectivity index (χ2v) is 8.64. The van der Waals surface area contributed by atoms with Crippen LogP contribution in [-0.2, 0) is 11.2 Å². The molecule has 1 aliphatic heterocycles. The molecule has 10 nitrogen and oxygen atoms in total. The van der Waals surface area contributed by atoms with Gasteiger partial charge in [0.05, 0.1) is 43.8 Å². The summed E-state index contributed by atoms with van der Waals surface area (Å²) in [6, 6.07) is 6.26. The lowest BCUT2D eigenvalue weighted by Crippen LogP contribution is -2.44. The molecule has 5 N–H and O–H groups in total. The van der Waals surface area contributed by atoms with Gasteiger partial charge in [-0.1, -0.05) is 0 Å². The molecule has 0 amide bonds. The Kier molecular flexibility index (Phi) is 6.52. The number of morpholine rings is 1. The highest BCUT2D eigenvalue weighted by atomic mass is 16.5. The summed E-state index contributed by atoms with van der Waals surface area (Å²) in [7, 11) is 0. The topological polar surface area (TPSA) is 135 Å². The van der Waals surface area contributed by atoms with Gasteiger partial charge in [0.25, 0.3) is 0 Å². The highest BCUT2D eigenvalue weighted by molar-refractivity contribution is 5.97. The van der Waals surface area contributed by atoms with Crippen LogP contribution in [0.3, 0.4) is 0 Å². The van der Waals surface area contributed by atoms with Crippen LogP contribution in [0.1, 0.15) is 36.2 Å². The van der Waals surface area contributed by atoms with Crippen molar-refractivity contribution in [3.05, 3.63) is 47.4 Å². The van der Waals surface area contributed by atoms with E-state index in [1.54, 1.807) is 6.20 Å². The standard InChI is InChI=1S/C24H30N8O2/c1-15-14-34-11-9-32(15)22-12-18(19(13-25)24(30-22)29-21-5-7-28-31-21)16-4-6-27-23-17(16)2-3-20(23)26-8-10-33/h4-7,12-13,15,20,25-26,33H,2-3,8-11,14H2,1H3,(H2,28,29,30,31)/t15-,20?/m1/s1. The molecule has 3 aromatic heterocycles. The molecule has 10 heteroatoms. The lowest BCUT2D eigenvalue weighted by Gasteiger charge is -2.35. The molecule has 4 heterocycles. The Morgan fingerprint density at radius 2 is 2.24 bits per heavy atom. The fourth-order valence-electron chi connectivity index (χ4n) is 4.86. The molecule has 1 saturated heterocycles. The molecule has 0 bridgehead atoms. The maximum absolute atomic E-state index is 9.24. The van der Waals surface area contributed by atoms with Gasteiger partial charge in [0.15, 0.2) is 0 Å². The van der Waals surface area contributed by atoms with Crippen LogP contribution < -0.4 is 15.5 Å². The number of aromatic amines is 1. The smallest absolute Gasteiger partial charge is 0.143 e. The highest BCUT2D eigenvalue weighted by Crippen LogP contribution is 2.40. The zero-order chi connectivity index (χ0) is 23.5. The van der Waals surface area contributed by atoms with Crippen LogP contribution >= 0.6 is 0 Å². The number of hydrogen-bond acceptors (Lipinski definition) is 9. The van der Waals surface area contributed by atoms with Crippen molar-refractivity contribution in [3.63, 3.8) is 0 Å². The van der Waals surface area contributed by atoms with Crippen molar-refractivity contribution in [2.45, 2.75) is 31.8 Å². The molecular formula is C24H30N8O2. The normalized spacial score (nSPS) is 19.8. The quantitative estimate of drug-likeness (QED) is 0.322. The van der Waals surface area contributed by atoms with E-state index in [4.69, 9.17) is 15.1 Å². The highest BCUT2D eigenvalue weighted by Gasteiger charge is 2.29. The number of nitrogens with one attached hydrogen (secondary N) is 4. The largest absolute Gasteiger partial charge is 0.395 e. The van der Waals surface area contributed by atoms with E-state index in [0.717, 1.165) is 42.0 Å². The van der Waals surface area contributed by atoms with Gasteiger partial charge in [0.1, 0.15) is 17.5 Å². The van der Waals surface area contributed by atoms with Gasteiger partial charge in [-0.2, -0.15) is 5.10 Å². The number of ether oxygens (including phenoxy) is 1. The second-order valence-electron chi connectivity index (χ2n) is 8.64. The molecule has 0 spiro atoms. The summed E-state index contributed by atoms with van der Waals surface area (Å²) < 4.78 is 5.65. The predicted octanol–water partition coefficient (Wildman–Crippen LogP) is 2.40. The number of rotatable bonds is 8. The molecule has 1 aliphatic carbocycles. The van der Waals surface area contributed by atoms with E-state index < -0.39 is 0 Å². The molecule has 34 heavy (non-hydrogen) atoms. The van der Waals surface area contributed by atoms with E-state index in [-0.39, 0.29) is 18.7 Å². The van der Waals surface area contributed by atoms with Crippen molar-refractivity contribution < 1.29 is 9.84 Å². The second kappa shape index (κ2) is 9.88. The van der Waals surface area contributed by atoms with Crippen LogP contribution in [0, 0.1) is 5.41 Å². The van der Waals surface area contributed by atoms with Crippen molar-refractivity contribution in [2.24, 2.45) is 0 Å². The fourth-order valence-corrected chi connectivity index (χ4v) is 4.86. The molecule has 2 aliphatic rings. The lowest BCUT2D eigenvalue weighted by molar-refractivity contribution is 0.0985. The number of aliphatic hydroxyl groups excluding tert-OH is 1. The van der Waals surface area contributed by atoms with Crippen LogP contribution in [-0.4, -0.2) is 70.4 Å². The summed E-state index contributed by atoms with van der Waals surface area (Å²) in [6.45, 7) is 4.82. The van der Waals surface area contributed by atoms with Crippen molar-refractivity contribution >= 4 is 23.7 Å². The van der Waals surface area contributed by atoms with Crippen LogP contribution in [0.5, 0.6) is 0 Å². The predicted molar refractivity (Wildman–Crippen MR) is 131 cm³/mol. The monoisotopic (exact) mass is 462 g/mol. The molecule has 178 valence electrons. The van der Waals surface area contributed by atoms with E-state index in [9.17, 15) is 5.11 Å². The Morgan fingerprint density at radius 1 is 1.32 bits per heavy atom. The molecular weight excluding hydrogens is 432 g/mol. The summed E-state index contributed by atoms with van der Waals surface area (Å²) in [5, 5.41) is 31.2. The number of aromatic nitrogens is 4. The van der Waals surface area contributed by atoms with E-state index in [2.05, 4.69) is 43.7 Å². The first-order valence-corrected chi connectivity index (χ1v) is 11.7. The lowest BCUT2D eigenvalue weighted by atomic mass is 9.96. The van der Waals surface area contributed by atoms with Gasteiger partial charge in [0, 0.05) is 37.1 Å². The average molecular weight is 463 g/mol. The Balaban J connectivity index is 1.64. The number of nitrogens with zero attached hydrogens (tertiary/aromatic N) is 4. The SMILES string of the molecule is C[C@@H]1COCCN1c1cc(-c2ccnc3c2CCC3NCCO)c(C=N)c(Nc2ccn[nH]2)n1. The van der Waals surface area contributed by atoms with Gasteiger partial charge in [0.2, 0.25) is 0 Å². The maximum Gasteiger partial charge on any atom is 0.143 e. The molecule has 1 fully saturated rings. The van der Waals surface area contributed by atoms with Crippen molar-refractivity contribution in [3.8, 4) is 11.1 Å². The van der Waals surface area contributed by atoms with Gasteiger partial charge in [-0.15, -0.1) is 0 Å². The molecule has 5 rings (SSSR count). The molecule has 0 radical (unpaired) electrons. The third-order valence-corrected chi connectivity index (χ3v) is 6.50. The minimum atomic E-state index is 0.0948. The van der Waals surface area contributed by atoms with Crippen LogP contribution in [0.25, 0.3) is 11.1 Å². The summed E-state index contributed by atoms with van der Waals surface area (Å²) >= 11 is 0. The van der Waals surface area contributed by atoms with Gasteiger partial charge in [-0.05, 0) is 48.6 Å². The van der Waals surface area contributed by atoms with Gasteiger partial charge < -0.3 is 30.8 Å². The van der Waals surface area contributed by atoms with Crippen LogP contribution in [0.15, 0.2) is 30.6 Å². The number of aliphatic hydroxyl groups is 1. The fraction of sp³-hybridized carbons (Fsp3) is 0.417. The summed E-state index contributed by atoms with van der Waals surface area (Å²) in [4.78, 5) is 11.9. The molecule has 3 aromatic rings. The molecule has 2 atom stereocenters. The summed E-state index contributed by atoms with van der Waals surface area (Å²) in [6.07, 6.45) is 6.68. The van der Waals surface area contributed by atoms with Crippen LogP contribution in [0.4, 0.5) is 17.5 Å². The van der Waals surface area contributed by atoms with E-state index in [1.807, 2.05) is 18.3 Å². The third-order valence-electron chi connectivity index (χ3n) is 6.50. The number of hydrogen-bond donors (Lipinski definition) is 5. The first-order chi connectivity index (χ1) is 16.7. The minimum Gasteiger partial charge on any atom is -0.395 e. The number of pyridine rings is 2. The van der Waals surface area contributed by atoms with Crippen molar-refractivity contribution in [1.82, 2.24) is 25.5 Å². The summed E-state index contributed by atoms with van der Waals surface area (Å²) in [5.41, 5.74) is 4.92. The zero-order valence-electron chi connectivity index (χ0n) is 19.2. The van der Waals surface area contributed by atoms with E-state index in [0.29, 0.717) is 37.0 Å². The van der Waals surface area contributed by atoms with Crippen molar-refractivity contribution in [2.75, 3.05) is 43.1 Å². The van der Waals surface area contributed by atoms with E-state index >= 15 is 0 Å². The number of fused-ring (bicyclic) bond motifs is 1. The van der Waals surface area contributed by atoms with Gasteiger partial charge in [-0.25, -0.2) is 4.98 Å². The Morgan fingerprint density at radius 3 is 3.00 bits per heavy atom. The van der Waals surface area contributed by atoms with E-state index in [1.165, 1.54) is 11.8 Å². The van der Waals surface area contributed by atoms with Gasteiger partial charge >= 0.3 is 0 Å². The third kappa shape index (κ3) is 4.27. The summed E-state index contributed by atoms with van der Waals surface area (Å²) in [5.74, 6) is 2.16. The Hall–Kier alpha value is -3.34. The van der Waals surface area contributed by atoms with Crippen molar-refractivity contribution in [1.29, 1.82) is 5.41 Å². The van der Waals surface area contributed by atoms with Crippen LogP contribution in [0.2, 0.25) is 0 Å². The Labute approximate surface area is 198 Å². The number of H-pyrrole nitrogens is 1.